The van der Waals surface area contributed by atoms with Crippen LogP contribution in [0.4, 0.5) is 0 Å². The van der Waals surface area contributed by atoms with Gasteiger partial charge in [-0.25, -0.2) is 0 Å². The molecule has 4 heteroatoms. The molecule has 0 radical (unpaired) electrons. The van der Waals surface area contributed by atoms with E-state index in [-0.39, 0.29) is 0 Å². The normalized spacial score (nSPS) is 16.3. The van der Waals surface area contributed by atoms with E-state index >= 15 is 0 Å². The zero-order valence-corrected chi connectivity index (χ0v) is 11.7. The summed E-state index contributed by atoms with van der Waals surface area (Å²) >= 11 is 4.95. The fourth-order valence-corrected chi connectivity index (χ4v) is 2.83. The van der Waals surface area contributed by atoms with E-state index in [2.05, 4.69) is 16.9 Å². The van der Waals surface area contributed by atoms with Crippen molar-refractivity contribution in [3.05, 3.63) is 29.6 Å². The van der Waals surface area contributed by atoms with Gasteiger partial charge < -0.3 is 10.6 Å². The Morgan fingerprint density at radius 3 is 2.89 bits per heavy atom. The van der Waals surface area contributed by atoms with Crippen LogP contribution in [0, 0.1) is 5.92 Å². The van der Waals surface area contributed by atoms with Gasteiger partial charge in [-0.2, -0.15) is 0 Å². The van der Waals surface area contributed by atoms with Crippen LogP contribution in [0.15, 0.2) is 18.3 Å². The van der Waals surface area contributed by atoms with Crippen LogP contribution in [0.3, 0.4) is 0 Å². The topological polar surface area (TPSA) is 42.2 Å². The first-order valence-corrected chi connectivity index (χ1v) is 6.99. The largest absolute Gasteiger partial charge is 0.388 e. The molecular weight excluding hydrogens is 242 g/mol. The van der Waals surface area contributed by atoms with E-state index in [0.717, 1.165) is 18.2 Å². The molecule has 0 saturated heterocycles. The molecule has 1 fully saturated rings. The lowest BCUT2D eigenvalue weighted by Gasteiger charge is -2.20. The molecule has 0 aromatic carbocycles. The van der Waals surface area contributed by atoms with Gasteiger partial charge in [0.25, 0.3) is 0 Å². The average Bonchev–Trinajstić information content (AvgIpc) is 2.82. The third kappa shape index (κ3) is 3.75. The van der Waals surface area contributed by atoms with E-state index in [0.29, 0.717) is 4.99 Å². The number of nitrogens with zero attached hydrogens (tertiary/aromatic N) is 2. The van der Waals surface area contributed by atoms with Crippen molar-refractivity contribution in [1.29, 1.82) is 0 Å². The highest BCUT2D eigenvalue weighted by molar-refractivity contribution is 7.80. The van der Waals surface area contributed by atoms with Crippen LogP contribution < -0.4 is 5.73 Å². The molecule has 0 amide bonds. The van der Waals surface area contributed by atoms with Crippen molar-refractivity contribution in [1.82, 2.24) is 9.88 Å². The summed E-state index contributed by atoms with van der Waals surface area (Å²) < 4.78 is 0. The Kier molecular flexibility index (Phi) is 4.66. The van der Waals surface area contributed by atoms with Crippen molar-refractivity contribution in [3.8, 4) is 0 Å². The van der Waals surface area contributed by atoms with Gasteiger partial charge in [-0.3, -0.25) is 4.98 Å². The molecule has 1 heterocycles. The molecule has 1 aliphatic rings. The lowest BCUT2D eigenvalue weighted by atomic mass is 10.1. The van der Waals surface area contributed by atoms with Gasteiger partial charge in [-0.05, 0) is 43.5 Å². The zero-order chi connectivity index (χ0) is 13.0. The molecule has 1 aromatic rings. The van der Waals surface area contributed by atoms with Crippen LogP contribution in [0.2, 0.25) is 0 Å². The minimum absolute atomic E-state index is 0.371. The average molecular weight is 263 g/mol. The second-order valence-electron chi connectivity index (χ2n) is 5.26. The van der Waals surface area contributed by atoms with Crippen LogP contribution in [-0.4, -0.2) is 28.5 Å². The van der Waals surface area contributed by atoms with E-state index < -0.39 is 0 Å². The van der Waals surface area contributed by atoms with Crippen LogP contribution in [0.25, 0.3) is 0 Å². The van der Waals surface area contributed by atoms with Crippen molar-refractivity contribution in [2.45, 2.75) is 32.2 Å². The lowest BCUT2D eigenvalue weighted by Crippen LogP contribution is -2.24. The highest BCUT2D eigenvalue weighted by Gasteiger charge is 2.16. The molecule has 0 atom stereocenters. The third-order valence-corrected chi connectivity index (χ3v) is 3.78. The number of thiocarbonyl (C=S) groups is 1. The first-order valence-electron chi connectivity index (χ1n) is 6.58. The van der Waals surface area contributed by atoms with Crippen molar-refractivity contribution < 1.29 is 0 Å². The molecule has 2 rings (SSSR count). The van der Waals surface area contributed by atoms with Gasteiger partial charge in [0.05, 0.1) is 5.69 Å². The number of hydrogen-bond donors (Lipinski definition) is 1. The van der Waals surface area contributed by atoms with E-state index in [9.17, 15) is 0 Å². The van der Waals surface area contributed by atoms with Crippen molar-refractivity contribution in [2.75, 3.05) is 13.6 Å². The maximum absolute atomic E-state index is 5.60. The minimum atomic E-state index is 0.371. The van der Waals surface area contributed by atoms with Gasteiger partial charge in [0.15, 0.2) is 0 Å². The summed E-state index contributed by atoms with van der Waals surface area (Å²) in [6.07, 6.45) is 7.36. The molecule has 3 nitrogen and oxygen atoms in total. The van der Waals surface area contributed by atoms with E-state index in [1.165, 1.54) is 37.8 Å². The van der Waals surface area contributed by atoms with Crippen LogP contribution in [-0.2, 0) is 6.54 Å². The highest BCUT2D eigenvalue weighted by Crippen LogP contribution is 2.25. The first-order chi connectivity index (χ1) is 8.65. The summed E-state index contributed by atoms with van der Waals surface area (Å²) in [5.41, 5.74) is 7.55. The summed E-state index contributed by atoms with van der Waals surface area (Å²) in [6.45, 7) is 2.12. The summed E-state index contributed by atoms with van der Waals surface area (Å²) in [7, 11) is 2.18. The van der Waals surface area contributed by atoms with E-state index in [4.69, 9.17) is 18.0 Å². The molecule has 0 spiro atoms. The van der Waals surface area contributed by atoms with Crippen molar-refractivity contribution in [2.24, 2.45) is 11.7 Å². The second-order valence-corrected chi connectivity index (χ2v) is 5.70. The quantitative estimate of drug-likeness (QED) is 0.828. The molecule has 1 aliphatic carbocycles. The Balaban J connectivity index is 1.91. The fraction of sp³-hybridized carbons (Fsp3) is 0.571. The Hall–Kier alpha value is -1.00. The molecule has 18 heavy (non-hydrogen) atoms. The number of rotatable bonds is 5. The summed E-state index contributed by atoms with van der Waals surface area (Å²) in [4.78, 5) is 6.92. The lowest BCUT2D eigenvalue weighted by molar-refractivity contribution is 0.271. The summed E-state index contributed by atoms with van der Waals surface area (Å²) in [6, 6.07) is 4.03. The fourth-order valence-electron chi connectivity index (χ4n) is 2.72. The molecular formula is C14H21N3S. The van der Waals surface area contributed by atoms with Gasteiger partial charge in [0.2, 0.25) is 0 Å². The molecule has 0 unspecified atom stereocenters. The zero-order valence-electron chi connectivity index (χ0n) is 10.9. The predicted octanol–water partition coefficient (Wildman–Crippen LogP) is 2.34. The van der Waals surface area contributed by atoms with Crippen LogP contribution in [0.5, 0.6) is 0 Å². The van der Waals surface area contributed by atoms with Crippen LogP contribution in [0.1, 0.15) is 36.9 Å². The first kappa shape index (κ1) is 13.4. The molecule has 0 bridgehead atoms. The van der Waals surface area contributed by atoms with Gasteiger partial charge in [-0.15, -0.1) is 0 Å². The Morgan fingerprint density at radius 2 is 2.22 bits per heavy atom. The summed E-state index contributed by atoms with van der Waals surface area (Å²) in [5, 5.41) is 0. The number of aromatic nitrogens is 1. The molecule has 2 N–H and O–H groups in total. The third-order valence-electron chi connectivity index (χ3n) is 3.57. The Morgan fingerprint density at radius 1 is 1.50 bits per heavy atom. The number of pyridine rings is 1. The second kappa shape index (κ2) is 6.25. The van der Waals surface area contributed by atoms with Gasteiger partial charge in [0.1, 0.15) is 4.99 Å². The SMILES string of the molecule is CN(Cc1ccnc(C(N)=S)c1)CC1CCCC1. The standard InChI is InChI=1S/C14H21N3S/c1-17(9-11-4-2-3-5-11)10-12-6-7-16-13(8-12)14(15)18/h6-8,11H,2-5,9-10H2,1H3,(H2,15,18). The molecule has 1 saturated carbocycles. The predicted molar refractivity (Wildman–Crippen MR) is 78.4 cm³/mol. The molecule has 98 valence electrons. The smallest absolute Gasteiger partial charge is 0.122 e. The monoisotopic (exact) mass is 263 g/mol. The van der Waals surface area contributed by atoms with Gasteiger partial charge in [-0.1, -0.05) is 25.1 Å². The summed E-state index contributed by atoms with van der Waals surface area (Å²) in [5.74, 6) is 0.881. The molecule has 1 aromatic heterocycles. The number of nitrogens with two attached hydrogens (primary N) is 1. The maximum atomic E-state index is 5.60. The van der Waals surface area contributed by atoms with Gasteiger partial charge >= 0.3 is 0 Å². The minimum Gasteiger partial charge on any atom is -0.388 e. The highest BCUT2D eigenvalue weighted by atomic mass is 32.1. The maximum Gasteiger partial charge on any atom is 0.122 e. The number of hydrogen-bond acceptors (Lipinski definition) is 3. The van der Waals surface area contributed by atoms with Crippen molar-refractivity contribution >= 4 is 17.2 Å². The van der Waals surface area contributed by atoms with Gasteiger partial charge in [0, 0.05) is 19.3 Å². The van der Waals surface area contributed by atoms with E-state index in [1.54, 1.807) is 6.20 Å². The van der Waals surface area contributed by atoms with E-state index in [1.807, 2.05) is 12.1 Å². The van der Waals surface area contributed by atoms with Crippen molar-refractivity contribution in [3.63, 3.8) is 0 Å². The van der Waals surface area contributed by atoms with Crippen LogP contribution >= 0.6 is 12.2 Å². The Bertz CT molecular complexity index is 413. The molecule has 0 aliphatic heterocycles. The Labute approximate surface area is 114 Å².